The predicted octanol–water partition coefficient (Wildman–Crippen LogP) is 6.76. The third-order valence-corrected chi connectivity index (χ3v) is 8.14. The normalized spacial score (nSPS) is 11.1. The molecule has 2 heterocycles. The Morgan fingerprint density at radius 1 is 1.03 bits per heavy atom. The average molecular weight is 544 g/mol. The third kappa shape index (κ3) is 6.06. The van der Waals surface area contributed by atoms with E-state index in [0.29, 0.717) is 18.3 Å². The number of aryl methyl sites for hydroxylation is 2. The highest BCUT2D eigenvalue weighted by Crippen LogP contribution is 2.31. The second-order valence-corrected chi connectivity index (χ2v) is 10.8. The van der Waals surface area contributed by atoms with Crippen molar-refractivity contribution >= 4 is 44.9 Å². The van der Waals surface area contributed by atoms with Gasteiger partial charge in [0.05, 0.1) is 16.0 Å². The van der Waals surface area contributed by atoms with Crippen LogP contribution in [0.1, 0.15) is 30.8 Å². The number of benzene rings is 3. The number of rotatable bonds is 10. The fourth-order valence-corrected chi connectivity index (χ4v) is 5.89. The number of thioether (sulfide) groups is 1. The van der Waals surface area contributed by atoms with Crippen LogP contribution in [0.25, 0.3) is 20.8 Å². The zero-order valence-electron chi connectivity index (χ0n) is 21.6. The molecule has 0 saturated heterocycles. The molecule has 0 fully saturated rings. The molecule has 5 aromatic rings. The van der Waals surface area contributed by atoms with Gasteiger partial charge >= 0.3 is 0 Å². The molecule has 1 amide bonds. The van der Waals surface area contributed by atoms with Gasteiger partial charge in [-0.2, -0.15) is 0 Å². The van der Waals surface area contributed by atoms with Crippen molar-refractivity contribution in [3.8, 4) is 16.3 Å². The monoisotopic (exact) mass is 543 g/mol. The van der Waals surface area contributed by atoms with Gasteiger partial charge < -0.3 is 14.6 Å². The first-order valence-corrected chi connectivity index (χ1v) is 14.4. The first kappa shape index (κ1) is 25.9. The molecule has 0 saturated carbocycles. The number of hydrogen-bond acceptors (Lipinski definition) is 7. The second-order valence-electron chi connectivity index (χ2n) is 8.83. The van der Waals surface area contributed by atoms with Gasteiger partial charge in [-0.15, -0.1) is 21.5 Å². The summed E-state index contributed by atoms with van der Waals surface area (Å²) in [5.74, 6) is 1.66. The Labute approximate surface area is 230 Å². The smallest absolute Gasteiger partial charge is 0.234 e. The van der Waals surface area contributed by atoms with Gasteiger partial charge in [-0.05, 0) is 79.9 Å². The summed E-state index contributed by atoms with van der Waals surface area (Å²) in [5.41, 5.74) is 5.28. The predicted molar refractivity (Wildman–Crippen MR) is 155 cm³/mol. The third-order valence-electron chi connectivity index (χ3n) is 6.10. The summed E-state index contributed by atoms with van der Waals surface area (Å²) in [4.78, 5) is 17.4. The van der Waals surface area contributed by atoms with E-state index in [0.717, 1.165) is 39.8 Å². The summed E-state index contributed by atoms with van der Waals surface area (Å²) in [7, 11) is 0. The summed E-state index contributed by atoms with van der Waals surface area (Å²) < 4.78 is 9.05. The van der Waals surface area contributed by atoms with Crippen molar-refractivity contribution in [2.24, 2.45) is 0 Å². The maximum atomic E-state index is 12.6. The number of aromatic nitrogens is 4. The Morgan fingerprint density at radius 3 is 2.55 bits per heavy atom. The van der Waals surface area contributed by atoms with E-state index in [1.165, 1.54) is 27.6 Å². The Bertz CT molecular complexity index is 1540. The van der Waals surface area contributed by atoms with Gasteiger partial charge in [0.15, 0.2) is 11.0 Å². The van der Waals surface area contributed by atoms with E-state index in [9.17, 15) is 4.79 Å². The lowest BCUT2D eigenvalue weighted by Crippen LogP contribution is -2.15. The summed E-state index contributed by atoms with van der Waals surface area (Å²) in [5, 5.41) is 13.2. The molecule has 1 N–H and O–H groups in total. The van der Waals surface area contributed by atoms with E-state index in [-0.39, 0.29) is 11.7 Å². The van der Waals surface area contributed by atoms with E-state index in [1.807, 2.05) is 47.9 Å². The number of nitrogens with zero attached hydrogens (tertiary/aromatic N) is 4. The Morgan fingerprint density at radius 2 is 1.82 bits per heavy atom. The molecule has 38 heavy (non-hydrogen) atoms. The molecule has 2 aromatic heterocycles. The standard InChI is InChI=1S/C29H29N5O2S2/c1-4-20-7-13-23(14-8-20)36-17-26-32-33-29(34(26)5-2)37-18-27(35)30-22-11-9-21(10-12-22)28-31-24-15-6-19(3)16-25(24)38-28/h6-16H,4-5,17-18H2,1-3H3,(H,30,35). The number of anilines is 1. The fourth-order valence-electron chi connectivity index (χ4n) is 4.00. The van der Waals surface area contributed by atoms with E-state index < -0.39 is 0 Å². The first-order valence-electron chi connectivity index (χ1n) is 12.6. The molecule has 0 unspecified atom stereocenters. The van der Waals surface area contributed by atoms with Crippen LogP contribution >= 0.6 is 23.1 Å². The minimum absolute atomic E-state index is 0.0994. The van der Waals surface area contributed by atoms with Crippen molar-refractivity contribution in [3.63, 3.8) is 0 Å². The zero-order chi connectivity index (χ0) is 26.5. The van der Waals surface area contributed by atoms with E-state index in [2.05, 4.69) is 59.7 Å². The molecule has 0 aliphatic rings. The highest BCUT2D eigenvalue weighted by atomic mass is 32.2. The molecule has 7 nitrogen and oxygen atoms in total. The Kier molecular flexibility index (Phi) is 8.05. The van der Waals surface area contributed by atoms with Gasteiger partial charge in [-0.1, -0.05) is 36.9 Å². The number of carbonyl (C=O) groups excluding carboxylic acids is 1. The van der Waals surface area contributed by atoms with E-state index >= 15 is 0 Å². The van der Waals surface area contributed by atoms with Gasteiger partial charge in [0, 0.05) is 17.8 Å². The number of amides is 1. The van der Waals surface area contributed by atoms with Crippen LogP contribution in [0.3, 0.4) is 0 Å². The van der Waals surface area contributed by atoms with Crippen molar-refractivity contribution < 1.29 is 9.53 Å². The van der Waals surface area contributed by atoms with Crippen LogP contribution in [-0.4, -0.2) is 31.4 Å². The minimum atomic E-state index is -0.0994. The van der Waals surface area contributed by atoms with Crippen LogP contribution in [0.5, 0.6) is 5.75 Å². The lowest BCUT2D eigenvalue weighted by Gasteiger charge is -2.09. The summed E-state index contributed by atoms with van der Waals surface area (Å²) >= 11 is 3.04. The van der Waals surface area contributed by atoms with Gasteiger partial charge in [0.25, 0.3) is 0 Å². The minimum Gasteiger partial charge on any atom is -0.486 e. The van der Waals surface area contributed by atoms with Gasteiger partial charge in [-0.25, -0.2) is 4.98 Å². The summed E-state index contributed by atoms with van der Waals surface area (Å²) in [6.45, 7) is 7.25. The number of fused-ring (bicyclic) bond motifs is 1. The van der Waals surface area contributed by atoms with Crippen LogP contribution in [0.2, 0.25) is 0 Å². The van der Waals surface area contributed by atoms with Crippen molar-refractivity contribution in [2.75, 3.05) is 11.1 Å². The molecule has 5 rings (SSSR count). The Balaban J connectivity index is 1.15. The van der Waals surface area contributed by atoms with Crippen molar-refractivity contribution in [2.45, 2.75) is 45.5 Å². The van der Waals surface area contributed by atoms with Crippen molar-refractivity contribution in [1.82, 2.24) is 19.7 Å². The quantitative estimate of drug-likeness (QED) is 0.196. The molecule has 0 aliphatic heterocycles. The van der Waals surface area contributed by atoms with Crippen LogP contribution in [0.15, 0.2) is 71.9 Å². The Hall–Kier alpha value is -3.69. The second kappa shape index (κ2) is 11.8. The van der Waals surface area contributed by atoms with Gasteiger partial charge in [0.2, 0.25) is 5.91 Å². The number of thiazole rings is 1. The van der Waals surface area contributed by atoms with Gasteiger partial charge in [-0.3, -0.25) is 4.79 Å². The SMILES string of the molecule is CCc1ccc(OCc2nnc(SCC(=O)Nc3ccc(-c4nc5ccc(C)cc5s4)cc3)n2CC)cc1. The number of ether oxygens (including phenoxy) is 1. The molecule has 0 atom stereocenters. The number of carbonyl (C=O) groups is 1. The molecular formula is C29H29N5O2S2. The van der Waals surface area contributed by atoms with Crippen LogP contribution < -0.4 is 10.1 Å². The molecule has 3 aromatic carbocycles. The highest BCUT2D eigenvalue weighted by molar-refractivity contribution is 7.99. The van der Waals surface area contributed by atoms with Crippen LogP contribution in [0.4, 0.5) is 5.69 Å². The first-order chi connectivity index (χ1) is 18.5. The fraction of sp³-hybridized carbons (Fsp3) is 0.241. The average Bonchev–Trinajstić information content (AvgIpc) is 3.54. The molecular weight excluding hydrogens is 514 g/mol. The zero-order valence-corrected chi connectivity index (χ0v) is 23.2. The molecule has 0 radical (unpaired) electrons. The van der Waals surface area contributed by atoms with E-state index in [1.54, 1.807) is 11.3 Å². The molecule has 9 heteroatoms. The summed E-state index contributed by atoms with van der Waals surface area (Å²) in [6.07, 6.45) is 0.994. The van der Waals surface area contributed by atoms with Gasteiger partial charge in [0.1, 0.15) is 17.4 Å². The number of nitrogens with one attached hydrogen (secondary N) is 1. The van der Waals surface area contributed by atoms with Crippen molar-refractivity contribution in [1.29, 1.82) is 0 Å². The highest BCUT2D eigenvalue weighted by Gasteiger charge is 2.14. The maximum Gasteiger partial charge on any atom is 0.234 e. The number of hydrogen-bond donors (Lipinski definition) is 1. The molecule has 0 spiro atoms. The van der Waals surface area contributed by atoms with Crippen LogP contribution in [-0.2, 0) is 24.4 Å². The lowest BCUT2D eigenvalue weighted by molar-refractivity contribution is -0.113. The summed E-state index contributed by atoms with van der Waals surface area (Å²) in [6, 6.07) is 22.2. The van der Waals surface area contributed by atoms with Crippen molar-refractivity contribution in [3.05, 3.63) is 83.7 Å². The topological polar surface area (TPSA) is 81.9 Å². The largest absolute Gasteiger partial charge is 0.486 e. The van der Waals surface area contributed by atoms with Crippen LogP contribution in [0, 0.1) is 6.92 Å². The molecule has 0 bridgehead atoms. The maximum absolute atomic E-state index is 12.6. The molecule has 0 aliphatic carbocycles. The lowest BCUT2D eigenvalue weighted by atomic mass is 10.2. The van der Waals surface area contributed by atoms with E-state index in [4.69, 9.17) is 9.72 Å². The molecule has 194 valence electrons.